The van der Waals surface area contributed by atoms with Gasteiger partial charge in [0.2, 0.25) is 0 Å². The third kappa shape index (κ3) is 2.78. The molecule has 0 radical (unpaired) electrons. The van der Waals surface area contributed by atoms with Crippen LogP contribution in [-0.2, 0) is 29.0 Å². The number of ether oxygens (including phenoxy) is 1. The van der Waals surface area contributed by atoms with E-state index >= 15 is 0 Å². The molecule has 5 heteroatoms. The van der Waals surface area contributed by atoms with Crippen molar-refractivity contribution >= 4 is 35.7 Å². The summed E-state index contributed by atoms with van der Waals surface area (Å²) in [5, 5.41) is 0.890. The first-order valence-corrected chi connectivity index (χ1v) is 7.35. The molecule has 0 aromatic heterocycles. The molecule has 0 atom stereocenters. The highest BCUT2D eigenvalue weighted by Crippen LogP contribution is 2.53. The van der Waals surface area contributed by atoms with Gasteiger partial charge in [0.25, 0.3) is 0 Å². The van der Waals surface area contributed by atoms with Crippen LogP contribution in [0.2, 0.25) is 0 Å². The van der Waals surface area contributed by atoms with E-state index in [9.17, 15) is 0 Å². The molecular formula is C8H10O2PS2-. The maximum Gasteiger partial charge on any atom is 0.119 e. The molecule has 0 aliphatic rings. The second kappa shape index (κ2) is 4.56. The number of benzene rings is 1. The summed E-state index contributed by atoms with van der Waals surface area (Å²) < 4.78 is 10.1. The summed E-state index contributed by atoms with van der Waals surface area (Å²) in [5.41, 5.74) is 0. The van der Waals surface area contributed by atoms with E-state index in [1.165, 1.54) is 0 Å². The molecule has 0 spiro atoms. The first-order chi connectivity index (χ1) is 6.10. The third-order valence-corrected chi connectivity index (χ3v) is 5.20. The molecule has 0 aliphatic carbocycles. The molecule has 0 unspecified atom stereocenters. The second-order valence-corrected chi connectivity index (χ2v) is 8.03. The van der Waals surface area contributed by atoms with Crippen LogP contribution >= 0.6 is 5.89 Å². The fraction of sp³-hybridized carbons (Fsp3) is 0.250. The Morgan fingerprint density at radius 1 is 1.08 bits per heavy atom. The summed E-state index contributed by atoms with van der Waals surface area (Å²) in [7, 11) is 3.17. The van der Waals surface area contributed by atoms with Crippen molar-refractivity contribution in [3.63, 3.8) is 0 Å². The number of methoxy groups -OCH3 is 1. The van der Waals surface area contributed by atoms with Crippen LogP contribution in [0.15, 0.2) is 24.3 Å². The predicted octanol–water partition coefficient (Wildman–Crippen LogP) is 1.82. The Kier molecular flexibility index (Phi) is 3.92. The van der Waals surface area contributed by atoms with Crippen LogP contribution < -0.4 is 10.0 Å². The Labute approximate surface area is 89.4 Å². The summed E-state index contributed by atoms with van der Waals surface area (Å²) in [6.07, 6.45) is 0. The van der Waals surface area contributed by atoms with Gasteiger partial charge in [-0.3, -0.25) is 4.52 Å². The van der Waals surface area contributed by atoms with Gasteiger partial charge in [0.15, 0.2) is 0 Å². The normalized spacial score (nSPS) is 11.4. The summed E-state index contributed by atoms with van der Waals surface area (Å²) in [6.45, 7) is 0. The Bertz CT molecular complexity index is 274. The van der Waals surface area contributed by atoms with E-state index in [0.717, 1.165) is 11.1 Å². The molecule has 1 aromatic rings. The number of rotatable bonds is 3. The Hall–Kier alpha value is 0.110. The van der Waals surface area contributed by atoms with Crippen LogP contribution in [0.1, 0.15) is 0 Å². The van der Waals surface area contributed by atoms with Crippen LogP contribution in [0.5, 0.6) is 5.75 Å². The molecule has 1 rings (SSSR count). The summed E-state index contributed by atoms with van der Waals surface area (Å²) in [6, 6.07) is 7.38. The van der Waals surface area contributed by atoms with E-state index in [1.807, 2.05) is 24.3 Å². The molecule has 0 aliphatic heterocycles. The second-order valence-electron chi connectivity index (χ2n) is 2.38. The Balaban J connectivity index is 2.92. The van der Waals surface area contributed by atoms with Gasteiger partial charge in [-0.1, -0.05) is 5.89 Å². The first-order valence-electron chi connectivity index (χ1n) is 3.61. The van der Waals surface area contributed by atoms with Gasteiger partial charge in [-0.15, -0.1) is 0 Å². The summed E-state index contributed by atoms with van der Waals surface area (Å²) in [4.78, 5) is 0. The van der Waals surface area contributed by atoms with Gasteiger partial charge in [0.1, 0.15) is 5.75 Å². The zero-order valence-electron chi connectivity index (χ0n) is 7.39. The average Bonchev–Trinajstić information content (AvgIpc) is 2.18. The van der Waals surface area contributed by atoms with Crippen LogP contribution in [-0.4, -0.2) is 14.2 Å². The van der Waals surface area contributed by atoms with E-state index in [0.29, 0.717) is 0 Å². The highest BCUT2D eigenvalue weighted by Gasteiger charge is 2.10. The third-order valence-electron chi connectivity index (χ3n) is 1.63. The molecular weight excluding hydrogens is 223 g/mol. The minimum atomic E-state index is -2.20. The van der Waals surface area contributed by atoms with E-state index < -0.39 is 5.89 Å². The van der Waals surface area contributed by atoms with Crippen LogP contribution in [0.3, 0.4) is 0 Å². The van der Waals surface area contributed by atoms with E-state index in [1.54, 1.807) is 14.2 Å². The zero-order chi connectivity index (χ0) is 9.90. The summed E-state index contributed by atoms with van der Waals surface area (Å²) in [5.74, 6) is -1.40. The minimum Gasteiger partial charge on any atom is -0.542 e. The van der Waals surface area contributed by atoms with Gasteiger partial charge >= 0.3 is 0 Å². The van der Waals surface area contributed by atoms with Gasteiger partial charge < -0.3 is 29.2 Å². The van der Waals surface area contributed by atoms with Gasteiger partial charge in [-0.25, -0.2) is 0 Å². The lowest BCUT2D eigenvalue weighted by Crippen LogP contribution is -2.07. The fourth-order valence-electron chi connectivity index (χ4n) is 0.870. The first kappa shape index (κ1) is 11.2. The lowest BCUT2D eigenvalue weighted by molar-refractivity contribution is 0.415. The minimum absolute atomic E-state index is 0.796. The molecule has 2 nitrogen and oxygen atoms in total. The zero-order valence-corrected chi connectivity index (χ0v) is 9.92. The highest BCUT2D eigenvalue weighted by molar-refractivity contribution is 8.74. The molecule has 0 N–H and O–H groups in total. The maximum atomic E-state index is 5.15. The lowest BCUT2D eigenvalue weighted by Gasteiger charge is -2.35. The van der Waals surface area contributed by atoms with Gasteiger partial charge in [0, 0.05) is 0 Å². The lowest BCUT2D eigenvalue weighted by atomic mass is 10.3. The van der Waals surface area contributed by atoms with Crippen LogP contribution in [0.25, 0.3) is 0 Å². The largest absolute Gasteiger partial charge is 0.542 e. The molecule has 0 bridgehead atoms. The topological polar surface area (TPSA) is 18.5 Å². The Morgan fingerprint density at radius 3 is 2.00 bits per heavy atom. The molecule has 0 saturated heterocycles. The van der Waals surface area contributed by atoms with Crippen LogP contribution in [0.4, 0.5) is 0 Å². The van der Waals surface area contributed by atoms with Gasteiger partial charge in [0.05, 0.1) is 19.5 Å². The average molecular weight is 233 g/mol. The van der Waals surface area contributed by atoms with Crippen molar-refractivity contribution < 1.29 is 9.26 Å². The van der Waals surface area contributed by atoms with E-state index in [4.69, 9.17) is 33.8 Å². The van der Waals surface area contributed by atoms with Crippen molar-refractivity contribution in [2.75, 3.05) is 14.2 Å². The Morgan fingerprint density at radius 2 is 1.62 bits per heavy atom. The standard InChI is InChI=1S/C8H11O2PS2/c1-9-7-3-5-8(6-4-7)11(12,13)10-2/h3-6H,1-2H3,(H,12,13)/p-1. The van der Waals surface area contributed by atoms with Crippen molar-refractivity contribution in [1.82, 2.24) is 0 Å². The van der Waals surface area contributed by atoms with Crippen molar-refractivity contribution in [3.8, 4) is 5.75 Å². The SMILES string of the molecule is COc1ccc([P+]([S-])([S-])OC)cc1. The fourth-order valence-corrected chi connectivity index (χ4v) is 2.33. The highest BCUT2D eigenvalue weighted by atomic mass is 33.1. The van der Waals surface area contributed by atoms with Crippen molar-refractivity contribution in [2.24, 2.45) is 0 Å². The van der Waals surface area contributed by atoms with Gasteiger partial charge in [-0.05, 0) is 24.3 Å². The smallest absolute Gasteiger partial charge is 0.119 e. The van der Waals surface area contributed by atoms with Crippen LogP contribution in [0, 0.1) is 0 Å². The number of hydrogen-bond donors (Lipinski definition) is 0. The monoisotopic (exact) mass is 233 g/mol. The number of hydrogen-bond acceptors (Lipinski definition) is 4. The van der Waals surface area contributed by atoms with Crippen molar-refractivity contribution in [3.05, 3.63) is 24.3 Å². The molecule has 13 heavy (non-hydrogen) atoms. The molecule has 72 valence electrons. The molecule has 0 heterocycles. The van der Waals surface area contributed by atoms with E-state index in [2.05, 4.69) is 0 Å². The summed E-state index contributed by atoms with van der Waals surface area (Å²) >= 11 is 10.3. The predicted molar refractivity (Wildman–Crippen MR) is 61.3 cm³/mol. The van der Waals surface area contributed by atoms with E-state index in [-0.39, 0.29) is 0 Å². The molecule has 0 amide bonds. The van der Waals surface area contributed by atoms with Crippen molar-refractivity contribution in [2.45, 2.75) is 0 Å². The molecule has 1 aromatic carbocycles. The van der Waals surface area contributed by atoms with Crippen molar-refractivity contribution in [1.29, 1.82) is 0 Å². The molecule has 0 fully saturated rings. The molecule has 0 saturated carbocycles. The van der Waals surface area contributed by atoms with Gasteiger partial charge in [-0.2, -0.15) is 0 Å². The quantitative estimate of drug-likeness (QED) is 0.585. The maximum absolute atomic E-state index is 5.15.